The highest BCUT2D eigenvalue weighted by atomic mass is 16.3. The Morgan fingerprint density at radius 3 is 2.36 bits per heavy atom. The predicted molar refractivity (Wildman–Crippen MR) is 143 cm³/mol. The van der Waals surface area contributed by atoms with E-state index < -0.39 is 6.10 Å². The van der Waals surface area contributed by atoms with Crippen molar-refractivity contribution in [2.45, 2.75) is 88.3 Å². The van der Waals surface area contributed by atoms with E-state index in [2.05, 4.69) is 11.0 Å². The maximum absolute atomic E-state index is 13.5. The highest BCUT2D eigenvalue weighted by molar-refractivity contribution is 5.81. The summed E-state index contributed by atoms with van der Waals surface area (Å²) in [6, 6.07) is 18.7. The molecule has 5 rings (SSSR count). The van der Waals surface area contributed by atoms with Gasteiger partial charge >= 0.3 is 0 Å². The molecule has 5 heteroatoms. The topological polar surface area (TPSA) is 64.0 Å². The number of amides is 1. The third-order valence-corrected chi connectivity index (χ3v) is 8.93. The largest absolute Gasteiger partial charge is 0.508 e. The van der Waals surface area contributed by atoms with Gasteiger partial charge in [0.05, 0.1) is 0 Å². The highest BCUT2D eigenvalue weighted by Gasteiger charge is 2.41. The molecule has 0 radical (unpaired) electrons. The second kappa shape index (κ2) is 11.8. The van der Waals surface area contributed by atoms with E-state index in [4.69, 9.17) is 0 Å². The number of aliphatic hydroxyl groups is 1. The van der Waals surface area contributed by atoms with Crippen molar-refractivity contribution in [1.82, 2.24) is 9.80 Å². The van der Waals surface area contributed by atoms with Crippen LogP contribution < -0.4 is 0 Å². The molecule has 0 aromatic heterocycles. The van der Waals surface area contributed by atoms with Gasteiger partial charge in [0.1, 0.15) is 11.9 Å². The van der Waals surface area contributed by atoms with Gasteiger partial charge in [-0.1, -0.05) is 61.7 Å². The quantitative estimate of drug-likeness (QED) is 0.512. The van der Waals surface area contributed by atoms with Gasteiger partial charge < -0.3 is 15.1 Å². The van der Waals surface area contributed by atoms with Crippen molar-refractivity contribution in [1.29, 1.82) is 0 Å². The van der Waals surface area contributed by atoms with Gasteiger partial charge in [-0.3, -0.25) is 9.69 Å². The normalized spacial score (nSPS) is 25.5. The van der Waals surface area contributed by atoms with Gasteiger partial charge in [0.15, 0.2) is 0 Å². The van der Waals surface area contributed by atoms with E-state index in [1.165, 1.54) is 50.5 Å². The number of fused-ring (bicyclic) bond motifs is 2. The van der Waals surface area contributed by atoms with E-state index in [0.29, 0.717) is 42.6 Å². The van der Waals surface area contributed by atoms with E-state index in [1.54, 1.807) is 6.07 Å². The van der Waals surface area contributed by atoms with Crippen LogP contribution in [-0.2, 0) is 11.2 Å². The molecule has 1 saturated carbocycles. The molecule has 2 aliphatic heterocycles. The molecule has 194 valence electrons. The van der Waals surface area contributed by atoms with Crippen LogP contribution in [0.25, 0.3) is 0 Å². The smallest absolute Gasteiger partial charge is 0.251 e. The lowest BCUT2D eigenvalue weighted by molar-refractivity contribution is -0.141. The second-order valence-corrected chi connectivity index (χ2v) is 11.4. The van der Waals surface area contributed by atoms with E-state index in [-0.39, 0.29) is 5.91 Å². The fourth-order valence-electron chi connectivity index (χ4n) is 7.03. The monoisotopic (exact) mass is 490 g/mol. The van der Waals surface area contributed by atoms with Gasteiger partial charge in [-0.05, 0) is 73.6 Å². The van der Waals surface area contributed by atoms with Crippen molar-refractivity contribution < 1.29 is 15.0 Å². The van der Waals surface area contributed by atoms with Crippen molar-refractivity contribution in [3.8, 4) is 5.75 Å². The molecule has 0 unspecified atom stereocenters. The average molecular weight is 491 g/mol. The number of piperidine rings is 1. The van der Waals surface area contributed by atoms with Crippen LogP contribution in [0.3, 0.4) is 0 Å². The molecule has 2 aromatic rings. The Kier molecular flexibility index (Phi) is 8.28. The van der Waals surface area contributed by atoms with Crippen LogP contribution in [0.15, 0.2) is 54.6 Å². The first-order valence-electron chi connectivity index (χ1n) is 14.1. The molecule has 2 N–H and O–H groups in total. The lowest BCUT2D eigenvalue weighted by Crippen LogP contribution is -2.49. The highest BCUT2D eigenvalue weighted by Crippen LogP contribution is 2.43. The predicted octanol–water partition coefficient (Wildman–Crippen LogP) is 5.12. The van der Waals surface area contributed by atoms with E-state index in [0.717, 1.165) is 31.5 Å². The van der Waals surface area contributed by atoms with Gasteiger partial charge in [-0.15, -0.1) is 0 Å². The van der Waals surface area contributed by atoms with E-state index >= 15 is 0 Å². The molecule has 0 spiro atoms. The number of phenolic OH excluding ortho intramolecular Hbond substituents is 1. The summed E-state index contributed by atoms with van der Waals surface area (Å²) in [5.74, 6) is 1.30. The van der Waals surface area contributed by atoms with E-state index in [1.807, 2.05) is 47.4 Å². The lowest BCUT2D eigenvalue weighted by atomic mass is 9.85. The summed E-state index contributed by atoms with van der Waals surface area (Å²) in [6.45, 7) is 2.36. The standard InChI is InChI=1S/C31H42N2O3/c34-29-13-7-12-25(21-29)26-19-27-14-15-28(20-26)33(27)17-16-32(22-24-10-5-2-6-11-24)31(36)30(35)18-23-8-3-1-4-9-23/h1,3-4,7-9,12-13,21,24,26-28,30,34-35H,2,5-6,10-11,14-20,22H2/t26-,27+,28-,30-/m0/s1. The summed E-state index contributed by atoms with van der Waals surface area (Å²) < 4.78 is 0. The van der Waals surface area contributed by atoms with Crippen LogP contribution in [-0.4, -0.2) is 63.7 Å². The summed E-state index contributed by atoms with van der Waals surface area (Å²) in [5, 5.41) is 20.8. The molecule has 1 amide bonds. The zero-order valence-electron chi connectivity index (χ0n) is 21.5. The van der Waals surface area contributed by atoms with Crippen molar-refractivity contribution in [2.24, 2.45) is 5.92 Å². The van der Waals surface area contributed by atoms with E-state index in [9.17, 15) is 15.0 Å². The van der Waals surface area contributed by atoms with Gasteiger partial charge in [-0.2, -0.15) is 0 Å². The Balaban J connectivity index is 1.22. The molecule has 3 fully saturated rings. The molecule has 5 nitrogen and oxygen atoms in total. The number of nitrogens with zero attached hydrogens (tertiary/aromatic N) is 2. The van der Waals surface area contributed by atoms with Crippen LogP contribution in [0.4, 0.5) is 0 Å². The summed E-state index contributed by atoms with van der Waals surface area (Å²) >= 11 is 0. The first-order valence-corrected chi connectivity index (χ1v) is 14.1. The molecule has 2 heterocycles. The molecular weight excluding hydrogens is 448 g/mol. The molecular formula is C31H42N2O3. The molecule has 1 aliphatic carbocycles. The molecule has 2 aromatic carbocycles. The fraction of sp³-hybridized carbons (Fsp3) is 0.581. The van der Waals surface area contributed by atoms with Gasteiger partial charge in [0.25, 0.3) is 5.91 Å². The van der Waals surface area contributed by atoms with Gasteiger partial charge in [0.2, 0.25) is 0 Å². The number of hydrogen-bond acceptors (Lipinski definition) is 4. The van der Waals surface area contributed by atoms with Crippen LogP contribution in [0.1, 0.15) is 74.8 Å². The first-order chi connectivity index (χ1) is 17.6. The maximum atomic E-state index is 13.5. The molecule has 36 heavy (non-hydrogen) atoms. The molecule has 3 aliphatic rings. The number of carbonyl (C=O) groups is 1. The first kappa shape index (κ1) is 25.3. The number of hydrogen-bond donors (Lipinski definition) is 2. The number of phenols is 1. The maximum Gasteiger partial charge on any atom is 0.251 e. The molecule has 2 bridgehead atoms. The van der Waals surface area contributed by atoms with Crippen molar-refractivity contribution in [3.63, 3.8) is 0 Å². The number of aliphatic hydroxyl groups excluding tert-OH is 1. The average Bonchev–Trinajstić information content (AvgIpc) is 3.13. The summed E-state index contributed by atoms with van der Waals surface area (Å²) in [5.41, 5.74) is 2.26. The lowest BCUT2D eigenvalue weighted by Gasteiger charge is -2.41. The summed E-state index contributed by atoms with van der Waals surface area (Å²) in [6.07, 6.45) is 10.3. The number of carbonyl (C=O) groups excluding carboxylic acids is 1. The SMILES string of the molecule is O=C([C@@H](O)Cc1ccccc1)N(CCN1[C@@H]2CC[C@H]1C[C@@H](c1cccc(O)c1)C2)CC1CCCCC1. The van der Waals surface area contributed by atoms with Crippen molar-refractivity contribution >= 4 is 5.91 Å². The van der Waals surface area contributed by atoms with Crippen LogP contribution in [0, 0.1) is 5.92 Å². The number of benzene rings is 2. The number of aromatic hydroxyl groups is 1. The fourth-order valence-corrected chi connectivity index (χ4v) is 7.03. The van der Waals surface area contributed by atoms with Gasteiger partial charge in [0, 0.05) is 38.1 Å². The third kappa shape index (κ3) is 6.12. The Bertz CT molecular complexity index is 976. The van der Waals surface area contributed by atoms with Gasteiger partial charge in [-0.25, -0.2) is 0 Å². The third-order valence-electron chi connectivity index (χ3n) is 8.93. The number of rotatable bonds is 9. The van der Waals surface area contributed by atoms with Crippen molar-refractivity contribution in [2.75, 3.05) is 19.6 Å². The minimum absolute atomic E-state index is 0.105. The zero-order valence-corrected chi connectivity index (χ0v) is 21.5. The Labute approximate surface area is 216 Å². The minimum atomic E-state index is -0.982. The zero-order chi connectivity index (χ0) is 24.9. The Hall–Kier alpha value is -2.37. The van der Waals surface area contributed by atoms with Crippen molar-refractivity contribution in [3.05, 3.63) is 65.7 Å². The van der Waals surface area contributed by atoms with Crippen LogP contribution in [0.2, 0.25) is 0 Å². The Morgan fingerprint density at radius 2 is 1.67 bits per heavy atom. The molecule has 2 saturated heterocycles. The molecule has 4 atom stereocenters. The Morgan fingerprint density at radius 1 is 0.944 bits per heavy atom. The second-order valence-electron chi connectivity index (χ2n) is 11.4. The van der Waals surface area contributed by atoms with Crippen LogP contribution in [0.5, 0.6) is 5.75 Å². The summed E-state index contributed by atoms with van der Waals surface area (Å²) in [7, 11) is 0. The van der Waals surface area contributed by atoms with Crippen LogP contribution >= 0.6 is 0 Å². The minimum Gasteiger partial charge on any atom is -0.508 e. The summed E-state index contributed by atoms with van der Waals surface area (Å²) in [4.78, 5) is 18.1.